The highest BCUT2D eigenvalue weighted by atomic mass is 35.5. The van der Waals surface area contributed by atoms with Gasteiger partial charge in [-0.1, -0.05) is 41.4 Å². The molecule has 1 spiro atoms. The maximum Gasteiger partial charge on any atom is 0.417 e. The molecule has 9 heteroatoms. The maximum absolute atomic E-state index is 13.4. The van der Waals surface area contributed by atoms with Crippen LogP contribution >= 0.6 is 24.0 Å². The van der Waals surface area contributed by atoms with E-state index in [-0.39, 0.29) is 23.6 Å². The summed E-state index contributed by atoms with van der Waals surface area (Å²) in [6, 6.07) is 8.61. The van der Waals surface area contributed by atoms with Gasteiger partial charge in [0.15, 0.2) is 5.82 Å². The summed E-state index contributed by atoms with van der Waals surface area (Å²) >= 11 is 6.42. The van der Waals surface area contributed by atoms with Crippen LogP contribution in [0, 0.1) is 0 Å². The molecule has 0 radical (unpaired) electrons. The van der Waals surface area contributed by atoms with Crippen molar-refractivity contribution in [3.8, 4) is 11.1 Å². The number of nitrogens with zero attached hydrogens (tertiary/aromatic N) is 2. The highest BCUT2D eigenvalue weighted by Gasteiger charge is 2.41. The average Bonchev–Trinajstić information content (AvgIpc) is 3.33. The molecule has 31 heavy (non-hydrogen) atoms. The van der Waals surface area contributed by atoms with E-state index in [1.165, 1.54) is 24.6 Å². The summed E-state index contributed by atoms with van der Waals surface area (Å²) in [5.74, 6) is 0.551. The van der Waals surface area contributed by atoms with Crippen molar-refractivity contribution >= 4 is 40.8 Å². The Hall–Kier alpha value is -2.25. The first-order valence-electron chi connectivity index (χ1n) is 9.96. The summed E-state index contributed by atoms with van der Waals surface area (Å²) in [6.07, 6.45) is 1.61. The van der Waals surface area contributed by atoms with Crippen molar-refractivity contribution in [2.75, 3.05) is 0 Å². The second kappa shape index (κ2) is 8.02. The minimum Gasteiger partial charge on any atom is -0.388 e. The topological polar surface area (TPSA) is 50.3 Å². The van der Waals surface area contributed by atoms with Gasteiger partial charge in [-0.3, -0.25) is 0 Å². The predicted octanol–water partition coefficient (Wildman–Crippen LogP) is 7.15. The Kier molecular flexibility index (Phi) is 5.68. The van der Waals surface area contributed by atoms with Gasteiger partial charge in [0.25, 0.3) is 0 Å². The molecule has 0 atom stereocenters. The van der Waals surface area contributed by atoms with Crippen molar-refractivity contribution in [3.63, 3.8) is 0 Å². The van der Waals surface area contributed by atoms with Crippen LogP contribution in [0.3, 0.4) is 0 Å². The van der Waals surface area contributed by atoms with Gasteiger partial charge in [-0.2, -0.15) is 13.2 Å². The van der Waals surface area contributed by atoms with Gasteiger partial charge in [-0.05, 0) is 55.0 Å². The SMILES string of the molecule is Cl.FC(F)(F)c1ccccc1-c1cc(Cl)c2[nH]c(C3=NOC4(CCCCC4)C3)nc2c1. The second-order valence-corrected chi connectivity index (χ2v) is 8.44. The third-order valence-corrected chi connectivity index (χ3v) is 6.26. The Morgan fingerprint density at radius 3 is 2.55 bits per heavy atom. The molecule has 3 aromatic rings. The van der Waals surface area contributed by atoms with Gasteiger partial charge < -0.3 is 9.82 Å². The van der Waals surface area contributed by atoms with Crippen LogP contribution in [0.1, 0.15) is 49.9 Å². The van der Waals surface area contributed by atoms with Crippen LogP contribution in [0.4, 0.5) is 13.2 Å². The van der Waals surface area contributed by atoms with Crippen molar-refractivity contribution in [2.45, 2.75) is 50.3 Å². The zero-order valence-electron chi connectivity index (χ0n) is 16.4. The summed E-state index contributed by atoms with van der Waals surface area (Å²) in [7, 11) is 0. The van der Waals surface area contributed by atoms with Gasteiger partial charge in [-0.15, -0.1) is 12.4 Å². The number of imidazole rings is 1. The molecule has 0 bridgehead atoms. The first kappa shape index (κ1) is 22.0. The van der Waals surface area contributed by atoms with Gasteiger partial charge >= 0.3 is 6.18 Å². The quantitative estimate of drug-likeness (QED) is 0.433. The Balaban J connectivity index is 0.00000231. The fourth-order valence-electron chi connectivity index (χ4n) is 4.46. The molecule has 2 heterocycles. The van der Waals surface area contributed by atoms with Crippen molar-refractivity contribution in [2.24, 2.45) is 5.16 Å². The van der Waals surface area contributed by atoms with Crippen LogP contribution in [0.5, 0.6) is 0 Å². The van der Waals surface area contributed by atoms with Crippen molar-refractivity contribution < 1.29 is 18.0 Å². The lowest BCUT2D eigenvalue weighted by Crippen LogP contribution is -2.31. The Bertz CT molecular complexity index is 1150. The molecule has 4 nitrogen and oxygen atoms in total. The smallest absolute Gasteiger partial charge is 0.388 e. The molecule has 1 fully saturated rings. The fourth-order valence-corrected chi connectivity index (χ4v) is 4.72. The second-order valence-electron chi connectivity index (χ2n) is 8.03. The van der Waals surface area contributed by atoms with E-state index < -0.39 is 11.7 Å². The number of benzene rings is 2. The standard InChI is InChI=1S/C22H19ClF3N3O.ClH/c23-16-10-13(14-6-2-3-7-15(14)22(24,25)26)11-17-19(16)28-20(27-17)18-12-21(30-29-18)8-4-1-5-9-21;/h2-3,6-7,10-11H,1,4-5,8-9,12H2,(H,27,28);1H. The van der Waals surface area contributed by atoms with Gasteiger partial charge in [0.05, 0.1) is 21.6 Å². The highest BCUT2D eigenvalue weighted by molar-refractivity contribution is 6.35. The number of hydrogen-bond acceptors (Lipinski definition) is 3. The van der Waals surface area contributed by atoms with Gasteiger partial charge in [0.2, 0.25) is 0 Å². The molecule has 1 N–H and O–H groups in total. The Morgan fingerprint density at radius 1 is 1.06 bits per heavy atom. The van der Waals surface area contributed by atoms with E-state index >= 15 is 0 Å². The molecule has 1 aliphatic heterocycles. The maximum atomic E-state index is 13.4. The number of nitrogens with one attached hydrogen (secondary N) is 1. The van der Waals surface area contributed by atoms with E-state index in [0.717, 1.165) is 37.5 Å². The van der Waals surface area contributed by atoms with Gasteiger partial charge in [0, 0.05) is 6.42 Å². The lowest BCUT2D eigenvalue weighted by atomic mass is 9.81. The molecule has 1 saturated carbocycles. The Morgan fingerprint density at radius 2 is 1.81 bits per heavy atom. The first-order chi connectivity index (χ1) is 14.3. The average molecular weight is 470 g/mol. The zero-order chi connectivity index (χ0) is 20.9. The minimum absolute atomic E-state index is 0. The number of H-pyrrole nitrogens is 1. The van der Waals surface area contributed by atoms with Crippen LogP contribution in [0.15, 0.2) is 41.6 Å². The van der Waals surface area contributed by atoms with Crippen LogP contribution in [0.2, 0.25) is 5.02 Å². The summed E-state index contributed by atoms with van der Waals surface area (Å²) in [6.45, 7) is 0. The number of aromatic nitrogens is 2. The number of halogens is 5. The minimum atomic E-state index is -4.46. The third-order valence-electron chi connectivity index (χ3n) is 5.97. The summed E-state index contributed by atoms with van der Waals surface area (Å²) < 4.78 is 40.3. The molecule has 0 amide bonds. The van der Waals surface area contributed by atoms with E-state index in [2.05, 4.69) is 15.1 Å². The molecule has 0 saturated heterocycles. The molecular weight excluding hydrogens is 450 g/mol. The largest absolute Gasteiger partial charge is 0.417 e. The molecule has 5 rings (SSSR count). The monoisotopic (exact) mass is 469 g/mol. The van der Waals surface area contributed by atoms with E-state index in [1.54, 1.807) is 12.1 Å². The third kappa shape index (κ3) is 4.01. The molecular formula is C22H20Cl2F3N3O. The number of hydrogen-bond donors (Lipinski definition) is 1. The van der Waals surface area contributed by atoms with Crippen molar-refractivity contribution in [1.29, 1.82) is 0 Å². The van der Waals surface area contributed by atoms with E-state index in [9.17, 15) is 13.2 Å². The number of aromatic amines is 1. The molecule has 1 aromatic heterocycles. The van der Waals surface area contributed by atoms with Gasteiger partial charge in [-0.25, -0.2) is 4.98 Å². The number of rotatable bonds is 2. The van der Waals surface area contributed by atoms with E-state index in [4.69, 9.17) is 16.4 Å². The summed E-state index contributed by atoms with van der Waals surface area (Å²) in [5.41, 5.74) is 1.29. The Labute approximate surface area is 188 Å². The van der Waals surface area contributed by atoms with Crippen molar-refractivity contribution in [3.05, 3.63) is 52.8 Å². The van der Waals surface area contributed by atoms with Crippen LogP contribution in [-0.2, 0) is 11.0 Å². The van der Waals surface area contributed by atoms with Crippen LogP contribution < -0.4 is 0 Å². The molecule has 1 aliphatic carbocycles. The van der Waals surface area contributed by atoms with Crippen LogP contribution in [-0.4, -0.2) is 21.3 Å². The van der Waals surface area contributed by atoms with Crippen LogP contribution in [0.25, 0.3) is 22.2 Å². The normalized spacial score (nSPS) is 18.0. The zero-order valence-corrected chi connectivity index (χ0v) is 18.0. The predicted molar refractivity (Wildman–Crippen MR) is 117 cm³/mol. The molecule has 2 aliphatic rings. The van der Waals surface area contributed by atoms with Crippen molar-refractivity contribution in [1.82, 2.24) is 9.97 Å². The fraction of sp³-hybridized carbons (Fsp3) is 0.364. The highest BCUT2D eigenvalue weighted by Crippen LogP contribution is 2.41. The molecule has 164 valence electrons. The summed E-state index contributed by atoms with van der Waals surface area (Å²) in [4.78, 5) is 13.5. The molecule has 2 aromatic carbocycles. The lowest BCUT2D eigenvalue weighted by molar-refractivity contribution is -0.137. The summed E-state index contributed by atoms with van der Waals surface area (Å²) in [5, 5.41) is 4.58. The van der Waals surface area contributed by atoms with Gasteiger partial charge in [0.1, 0.15) is 11.3 Å². The molecule has 0 unspecified atom stereocenters. The number of oxime groups is 1. The lowest BCUT2D eigenvalue weighted by Gasteiger charge is -2.30. The van der Waals surface area contributed by atoms with E-state index in [0.29, 0.717) is 33.9 Å². The first-order valence-corrected chi connectivity index (χ1v) is 10.3. The number of alkyl halides is 3. The number of fused-ring (bicyclic) bond motifs is 1. The van der Waals surface area contributed by atoms with E-state index in [1.807, 2.05) is 0 Å².